The van der Waals surface area contributed by atoms with Crippen molar-refractivity contribution in [3.8, 4) is 5.75 Å². The molecule has 164 valence electrons. The van der Waals surface area contributed by atoms with E-state index in [2.05, 4.69) is 10.3 Å². The summed E-state index contributed by atoms with van der Waals surface area (Å²) in [7, 11) is -2.13. The largest absolute Gasteiger partial charge is 0.495 e. The lowest BCUT2D eigenvalue weighted by atomic mass is 10.2. The highest BCUT2D eigenvalue weighted by atomic mass is 32.2. The van der Waals surface area contributed by atoms with Crippen molar-refractivity contribution in [2.45, 2.75) is 49.2 Å². The van der Waals surface area contributed by atoms with Gasteiger partial charge >= 0.3 is 0 Å². The Labute approximate surface area is 182 Å². The molecular weight excluding hydrogens is 424 g/mol. The SMILES string of the molecule is CCn1ccnc1SCC(=O)Nc1cc(S(=O)(=O)N2CCCCCC2)ccc1OC. The highest BCUT2D eigenvalue weighted by Crippen LogP contribution is 2.30. The monoisotopic (exact) mass is 452 g/mol. The van der Waals surface area contributed by atoms with E-state index < -0.39 is 10.0 Å². The number of carbonyl (C=O) groups is 1. The van der Waals surface area contributed by atoms with Gasteiger partial charge in [-0.2, -0.15) is 4.31 Å². The predicted molar refractivity (Wildman–Crippen MR) is 117 cm³/mol. The molecule has 10 heteroatoms. The lowest BCUT2D eigenvalue weighted by Crippen LogP contribution is -2.32. The molecule has 1 amide bonds. The van der Waals surface area contributed by atoms with Crippen LogP contribution in [-0.4, -0.2) is 54.1 Å². The van der Waals surface area contributed by atoms with Crippen molar-refractivity contribution in [2.24, 2.45) is 0 Å². The number of amides is 1. The maximum Gasteiger partial charge on any atom is 0.243 e. The van der Waals surface area contributed by atoms with E-state index in [1.807, 2.05) is 17.7 Å². The molecule has 1 aromatic carbocycles. The van der Waals surface area contributed by atoms with Gasteiger partial charge in [-0.25, -0.2) is 13.4 Å². The Hall–Kier alpha value is -2.04. The predicted octanol–water partition coefficient (Wildman–Crippen LogP) is 3.21. The molecule has 1 aromatic heterocycles. The molecule has 2 heterocycles. The van der Waals surface area contributed by atoms with Gasteiger partial charge in [-0.3, -0.25) is 4.79 Å². The van der Waals surface area contributed by atoms with E-state index in [0.29, 0.717) is 24.5 Å². The van der Waals surface area contributed by atoms with Gasteiger partial charge < -0.3 is 14.6 Å². The highest BCUT2D eigenvalue weighted by Gasteiger charge is 2.26. The van der Waals surface area contributed by atoms with Gasteiger partial charge in [-0.05, 0) is 38.0 Å². The van der Waals surface area contributed by atoms with Crippen molar-refractivity contribution >= 4 is 33.4 Å². The highest BCUT2D eigenvalue weighted by molar-refractivity contribution is 7.99. The molecule has 0 unspecified atom stereocenters. The van der Waals surface area contributed by atoms with Crippen LogP contribution >= 0.6 is 11.8 Å². The van der Waals surface area contributed by atoms with E-state index in [1.165, 1.54) is 35.3 Å². The lowest BCUT2D eigenvalue weighted by Gasteiger charge is -2.21. The number of anilines is 1. The van der Waals surface area contributed by atoms with Crippen LogP contribution in [-0.2, 0) is 21.4 Å². The molecule has 1 fully saturated rings. The zero-order chi connectivity index (χ0) is 21.6. The standard InChI is InChI=1S/C20H28N4O4S2/c1-3-23-13-10-21-20(23)29-15-19(25)22-17-14-16(8-9-18(17)28-2)30(26,27)24-11-6-4-5-7-12-24/h8-10,13-14H,3-7,11-12,15H2,1-2H3,(H,22,25). The van der Waals surface area contributed by atoms with Gasteiger partial charge in [-0.15, -0.1) is 0 Å². The first kappa shape index (κ1) is 22.6. The van der Waals surface area contributed by atoms with Gasteiger partial charge in [0.05, 0.1) is 23.4 Å². The van der Waals surface area contributed by atoms with Crippen molar-refractivity contribution < 1.29 is 17.9 Å². The van der Waals surface area contributed by atoms with Crippen molar-refractivity contribution in [2.75, 3.05) is 31.3 Å². The van der Waals surface area contributed by atoms with Crippen LogP contribution in [0, 0.1) is 0 Å². The van der Waals surface area contributed by atoms with Crippen LogP contribution in [0.15, 0.2) is 40.6 Å². The van der Waals surface area contributed by atoms with Crippen LogP contribution in [0.1, 0.15) is 32.6 Å². The van der Waals surface area contributed by atoms with Crippen molar-refractivity contribution in [1.82, 2.24) is 13.9 Å². The third kappa shape index (κ3) is 5.35. The van der Waals surface area contributed by atoms with E-state index in [0.717, 1.165) is 37.4 Å². The van der Waals surface area contributed by atoms with Gasteiger partial charge in [0.1, 0.15) is 5.75 Å². The molecule has 1 N–H and O–H groups in total. The third-order valence-corrected chi connectivity index (χ3v) is 7.90. The maximum atomic E-state index is 13.1. The molecular formula is C20H28N4O4S2. The number of hydrogen-bond donors (Lipinski definition) is 1. The Morgan fingerprint density at radius 2 is 1.97 bits per heavy atom. The number of nitrogens with one attached hydrogen (secondary N) is 1. The number of aryl methyl sites for hydroxylation is 1. The number of sulfonamides is 1. The molecule has 0 saturated carbocycles. The number of ether oxygens (including phenoxy) is 1. The fourth-order valence-corrected chi connectivity index (χ4v) is 5.74. The summed E-state index contributed by atoms with van der Waals surface area (Å²) in [6.45, 7) is 3.83. The van der Waals surface area contributed by atoms with Gasteiger partial charge in [0.25, 0.3) is 0 Å². The molecule has 0 bridgehead atoms. The number of carbonyl (C=O) groups excluding carboxylic acids is 1. The summed E-state index contributed by atoms with van der Waals surface area (Å²) in [4.78, 5) is 16.9. The van der Waals surface area contributed by atoms with E-state index in [1.54, 1.807) is 12.3 Å². The van der Waals surface area contributed by atoms with Crippen molar-refractivity contribution in [1.29, 1.82) is 0 Å². The van der Waals surface area contributed by atoms with E-state index in [-0.39, 0.29) is 16.6 Å². The maximum absolute atomic E-state index is 13.1. The molecule has 0 atom stereocenters. The van der Waals surface area contributed by atoms with Crippen LogP contribution in [0.3, 0.4) is 0 Å². The summed E-state index contributed by atoms with van der Waals surface area (Å²) >= 11 is 1.33. The zero-order valence-corrected chi connectivity index (χ0v) is 19.0. The number of thioether (sulfide) groups is 1. The first-order valence-corrected chi connectivity index (χ1v) is 12.5. The van der Waals surface area contributed by atoms with E-state index >= 15 is 0 Å². The molecule has 3 rings (SSSR count). The summed E-state index contributed by atoms with van der Waals surface area (Å²) in [5.74, 6) is 0.315. The fraction of sp³-hybridized carbons (Fsp3) is 0.500. The Kier molecular flexibility index (Phi) is 7.79. The summed E-state index contributed by atoms with van der Waals surface area (Å²) in [6, 6.07) is 4.59. The minimum Gasteiger partial charge on any atom is -0.495 e. The second kappa shape index (κ2) is 10.3. The first-order valence-electron chi connectivity index (χ1n) is 10.1. The van der Waals surface area contributed by atoms with Crippen LogP contribution < -0.4 is 10.1 Å². The molecule has 1 saturated heterocycles. The first-order chi connectivity index (χ1) is 14.5. The normalized spacial score (nSPS) is 15.5. The third-order valence-electron chi connectivity index (χ3n) is 5.00. The summed E-state index contributed by atoms with van der Waals surface area (Å²) in [5.41, 5.74) is 0.345. The van der Waals surface area contributed by atoms with Crippen LogP contribution in [0.25, 0.3) is 0 Å². The Morgan fingerprint density at radius 1 is 1.23 bits per heavy atom. The second-order valence-electron chi connectivity index (χ2n) is 7.01. The smallest absolute Gasteiger partial charge is 0.243 e. The summed E-state index contributed by atoms with van der Waals surface area (Å²) in [6.07, 6.45) is 7.38. The van der Waals surface area contributed by atoms with Gasteiger partial charge in [0.15, 0.2) is 5.16 Å². The number of aromatic nitrogens is 2. The minimum atomic E-state index is -3.62. The van der Waals surface area contributed by atoms with Crippen molar-refractivity contribution in [3.05, 3.63) is 30.6 Å². The quantitative estimate of drug-likeness (QED) is 0.618. The Balaban J connectivity index is 1.74. The zero-order valence-electron chi connectivity index (χ0n) is 17.3. The van der Waals surface area contributed by atoms with E-state index in [9.17, 15) is 13.2 Å². The molecule has 0 aliphatic carbocycles. The number of nitrogens with zero attached hydrogens (tertiary/aromatic N) is 3. The Bertz CT molecular complexity index is 967. The summed E-state index contributed by atoms with van der Waals surface area (Å²) < 4.78 is 35.0. The molecule has 30 heavy (non-hydrogen) atoms. The minimum absolute atomic E-state index is 0.156. The second-order valence-corrected chi connectivity index (χ2v) is 9.89. The number of rotatable bonds is 8. The van der Waals surface area contributed by atoms with Crippen molar-refractivity contribution in [3.63, 3.8) is 0 Å². The molecule has 0 spiro atoms. The van der Waals surface area contributed by atoms with E-state index in [4.69, 9.17) is 4.74 Å². The average Bonchev–Trinajstić information content (AvgIpc) is 3.02. The van der Waals surface area contributed by atoms with Crippen LogP contribution in [0.2, 0.25) is 0 Å². The lowest BCUT2D eigenvalue weighted by molar-refractivity contribution is -0.113. The molecule has 1 aliphatic rings. The molecule has 2 aromatic rings. The fourth-order valence-electron chi connectivity index (χ4n) is 3.37. The van der Waals surface area contributed by atoms with Crippen LogP contribution in [0.4, 0.5) is 5.69 Å². The molecule has 1 aliphatic heterocycles. The molecule has 8 nitrogen and oxygen atoms in total. The van der Waals surface area contributed by atoms with Crippen LogP contribution in [0.5, 0.6) is 5.75 Å². The van der Waals surface area contributed by atoms with Gasteiger partial charge in [0, 0.05) is 32.0 Å². The topological polar surface area (TPSA) is 93.5 Å². The number of benzene rings is 1. The van der Waals surface area contributed by atoms with Gasteiger partial charge in [0.2, 0.25) is 15.9 Å². The number of methoxy groups -OCH3 is 1. The van der Waals surface area contributed by atoms with Gasteiger partial charge in [-0.1, -0.05) is 24.6 Å². The average molecular weight is 453 g/mol. The number of imidazole rings is 1. The molecule has 0 radical (unpaired) electrons. The summed E-state index contributed by atoms with van der Waals surface area (Å²) in [5, 5.41) is 3.55. The number of hydrogen-bond acceptors (Lipinski definition) is 6. The Morgan fingerprint density at radius 3 is 2.63 bits per heavy atom.